The summed E-state index contributed by atoms with van der Waals surface area (Å²) in [4.78, 5) is 34.7. The standard InChI is InChI=1S/C35H37NO9/c1-4-32(37)42-22-8-6-20-40-28-14-10-26(11-15-28)34(36)45-31-19-18-30(24-25(31)3)44-35(39)27-12-16-29(17-13-27)41-21-7-9-23-43-33(38)5-2/h4-5,10-19,24,36H,1-2,6-9,20-23H2,3H3. The van der Waals surface area contributed by atoms with E-state index >= 15 is 0 Å². The second kappa shape index (κ2) is 18.3. The second-order valence-electron chi connectivity index (χ2n) is 9.65. The molecular formula is C35H37NO9. The van der Waals surface area contributed by atoms with E-state index in [4.69, 9.17) is 33.8 Å². The quantitative estimate of drug-likeness (QED) is 0.0432. The molecule has 3 aromatic rings. The van der Waals surface area contributed by atoms with Gasteiger partial charge in [0.25, 0.3) is 0 Å². The van der Waals surface area contributed by atoms with E-state index in [2.05, 4.69) is 13.2 Å². The van der Waals surface area contributed by atoms with Gasteiger partial charge in [0.15, 0.2) is 0 Å². The molecule has 0 aliphatic heterocycles. The van der Waals surface area contributed by atoms with Crippen LogP contribution in [-0.4, -0.2) is 50.2 Å². The first-order chi connectivity index (χ1) is 21.8. The Morgan fingerprint density at radius 1 is 0.644 bits per heavy atom. The largest absolute Gasteiger partial charge is 0.494 e. The summed E-state index contributed by atoms with van der Waals surface area (Å²) >= 11 is 0. The average molecular weight is 616 g/mol. The van der Waals surface area contributed by atoms with Gasteiger partial charge >= 0.3 is 17.9 Å². The third-order valence-electron chi connectivity index (χ3n) is 6.21. The first-order valence-corrected chi connectivity index (χ1v) is 14.4. The molecule has 0 aliphatic carbocycles. The van der Waals surface area contributed by atoms with E-state index in [-0.39, 0.29) is 5.90 Å². The summed E-state index contributed by atoms with van der Waals surface area (Å²) in [6.07, 6.45) is 5.02. The van der Waals surface area contributed by atoms with E-state index in [0.29, 0.717) is 85.4 Å². The minimum absolute atomic E-state index is 0.0446. The zero-order chi connectivity index (χ0) is 32.4. The lowest BCUT2D eigenvalue weighted by Gasteiger charge is -2.12. The molecule has 0 saturated heterocycles. The highest BCUT2D eigenvalue weighted by Gasteiger charge is 2.12. The van der Waals surface area contributed by atoms with Crippen LogP contribution in [0.4, 0.5) is 0 Å². The minimum atomic E-state index is -0.523. The van der Waals surface area contributed by atoms with Crippen molar-refractivity contribution < 1.29 is 42.8 Å². The maximum absolute atomic E-state index is 12.7. The second-order valence-corrected chi connectivity index (χ2v) is 9.65. The van der Waals surface area contributed by atoms with Gasteiger partial charge in [-0.05, 0) is 105 Å². The molecule has 236 valence electrons. The third kappa shape index (κ3) is 12.0. The highest BCUT2D eigenvalue weighted by molar-refractivity contribution is 5.93. The summed E-state index contributed by atoms with van der Waals surface area (Å²) in [6.45, 7) is 10.0. The van der Waals surface area contributed by atoms with Gasteiger partial charge in [0, 0.05) is 17.7 Å². The van der Waals surface area contributed by atoms with Gasteiger partial charge in [0.2, 0.25) is 5.90 Å². The predicted molar refractivity (Wildman–Crippen MR) is 168 cm³/mol. The van der Waals surface area contributed by atoms with E-state index in [1.165, 1.54) is 0 Å². The normalized spacial score (nSPS) is 10.2. The van der Waals surface area contributed by atoms with Gasteiger partial charge < -0.3 is 28.4 Å². The van der Waals surface area contributed by atoms with E-state index in [0.717, 1.165) is 18.6 Å². The molecule has 0 atom stereocenters. The SMILES string of the molecule is C=CC(=O)OCCCCOc1ccc(C(=N)Oc2ccc(OC(=O)c3ccc(OCCCCOC(=O)C=C)cc3)cc2C)cc1. The molecule has 1 N–H and O–H groups in total. The number of esters is 3. The molecule has 0 spiro atoms. The Bertz CT molecular complexity index is 1460. The monoisotopic (exact) mass is 615 g/mol. The molecule has 45 heavy (non-hydrogen) atoms. The molecule has 0 heterocycles. The number of hydrogen-bond acceptors (Lipinski definition) is 10. The van der Waals surface area contributed by atoms with Crippen molar-refractivity contribution in [2.45, 2.75) is 32.6 Å². The number of carbonyl (C=O) groups is 3. The summed E-state index contributed by atoms with van der Waals surface area (Å²) in [7, 11) is 0. The van der Waals surface area contributed by atoms with E-state index in [9.17, 15) is 14.4 Å². The zero-order valence-corrected chi connectivity index (χ0v) is 25.3. The number of rotatable bonds is 18. The summed E-state index contributed by atoms with van der Waals surface area (Å²) in [5.74, 6) is 0.609. The molecule has 10 heteroatoms. The first-order valence-electron chi connectivity index (χ1n) is 14.4. The minimum Gasteiger partial charge on any atom is -0.494 e. The molecule has 3 aromatic carbocycles. The smallest absolute Gasteiger partial charge is 0.343 e. The maximum Gasteiger partial charge on any atom is 0.343 e. The first kappa shape index (κ1) is 34.1. The summed E-state index contributed by atoms with van der Waals surface area (Å²) in [5, 5.41) is 8.36. The summed E-state index contributed by atoms with van der Waals surface area (Å²) in [5.41, 5.74) is 1.61. The van der Waals surface area contributed by atoms with Crippen molar-refractivity contribution in [3.05, 3.63) is 109 Å². The summed E-state index contributed by atoms with van der Waals surface area (Å²) < 4.78 is 32.5. The van der Waals surface area contributed by atoms with Crippen LogP contribution in [0.15, 0.2) is 92.0 Å². The number of aryl methyl sites for hydroxylation is 1. The lowest BCUT2D eigenvalue weighted by molar-refractivity contribution is -0.138. The van der Waals surface area contributed by atoms with Gasteiger partial charge in [-0.25, -0.2) is 14.4 Å². The lowest BCUT2D eigenvalue weighted by Crippen LogP contribution is -2.11. The van der Waals surface area contributed by atoms with Crippen LogP contribution in [0.5, 0.6) is 23.0 Å². The van der Waals surface area contributed by atoms with Crippen molar-refractivity contribution in [3.8, 4) is 23.0 Å². The Balaban J connectivity index is 1.41. The number of hydrogen-bond donors (Lipinski definition) is 1. The third-order valence-corrected chi connectivity index (χ3v) is 6.21. The fraction of sp³-hybridized carbons (Fsp3) is 0.257. The zero-order valence-electron chi connectivity index (χ0n) is 25.3. The Morgan fingerprint density at radius 3 is 1.60 bits per heavy atom. The fourth-order valence-electron chi connectivity index (χ4n) is 3.78. The molecule has 0 unspecified atom stereocenters. The Hall–Kier alpha value is -5.38. The van der Waals surface area contributed by atoms with Gasteiger partial charge in [-0.2, -0.15) is 0 Å². The van der Waals surface area contributed by atoms with Crippen molar-refractivity contribution in [1.29, 1.82) is 5.41 Å². The van der Waals surface area contributed by atoms with Crippen LogP contribution in [-0.2, 0) is 19.1 Å². The molecule has 0 radical (unpaired) electrons. The Kier molecular flexibility index (Phi) is 13.9. The van der Waals surface area contributed by atoms with Gasteiger partial charge in [0.05, 0.1) is 32.0 Å². The van der Waals surface area contributed by atoms with Crippen molar-refractivity contribution in [3.63, 3.8) is 0 Å². The lowest BCUT2D eigenvalue weighted by atomic mass is 10.2. The predicted octanol–water partition coefficient (Wildman–Crippen LogP) is 6.39. The van der Waals surface area contributed by atoms with E-state index < -0.39 is 17.9 Å². The van der Waals surface area contributed by atoms with Crippen molar-refractivity contribution in [1.82, 2.24) is 0 Å². The molecule has 0 aromatic heterocycles. The van der Waals surface area contributed by atoms with Crippen LogP contribution >= 0.6 is 0 Å². The highest BCUT2D eigenvalue weighted by atomic mass is 16.5. The topological polar surface area (TPSA) is 130 Å². The van der Waals surface area contributed by atoms with Crippen molar-refractivity contribution >= 4 is 23.8 Å². The fourth-order valence-corrected chi connectivity index (χ4v) is 3.78. The molecule has 3 rings (SSSR count). The highest BCUT2D eigenvalue weighted by Crippen LogP contribution is 2.26. The van der Waals surface area contributed by atoms with Crippen molar-refractivity contribution in [2.24, 2.45) is 0 Å². The molecule has 10 nitrogen and oxygen atoms in total. The maximum atomic E-state index is 12.7. The molecule has 0 bridgehead atoms. The van der Waals surface area contributed by atoms with E-state index in [1.54, 1.807) is 73.7 Å². The number of ether oxygens (including phenoxy) is 6. The molecular weight excluding hydrogens is 578 g/mol. The summed E-state index contributed by atoms with van der Waals surface area (Å²) in [6, 6.07) is 18.5. The molecule has 0 saturated carbocycles. The molecule has 0 amide bonds. The van der Waals surface area contributed by atoms with Crippen LogP contribution < -0.4 is 18.9 Å². The van der Waals surface area contributed by atoms with Gasteiger partial charge in [-0.3, -0.25) is 5.41 Å². The van der Waals surface area contributed by atoms with E-state index in [1.807, 2.05) is 0 Å². The number of benzene rings is 3. The number of unbranched alkanes of at least 4 members (excludes halogenated alkanes) is 2. The van der Waals surface area contributed by atoms with Crippen LogP contribution in [0.25, 0.3) is 0 Å². The van der Waals surface area contributed by atoms with Gasteiger partial charge in [-0.1, -0.05) is 13.2 Å². The van der Waals surface area contributed by atoms with Crippen LogP contribution in [0, 0.1) is 12.3 Å². The van der Waals surface area contributed by atoms with Crippen LogP contribution in [0.2, 0.25) is 0 Å². The average Bonchev–Trinajstić information content (AvgIpc) is 3.05. The molecule has 0 fully saturated rings. The molecule has 0 aliphatic rings. The Morgan fingerprint density at radius 2 is 1.11 bits per heavy atom. The van der Waals surface area contributed by atoms with Gasteiger partial charge in [0.1, 0.15) is 23.0 Å². The van der Waals surface area contributed by atoms with Crippen molar-refractivity contribution in [2.75, 3.05) is 26.4 Å². The Labute approximate surface area is 262 Å². The van der Waals surface area contributed by atoms with Gasteiger partial charge in [-0.15, -0.1) is 0 Å². The van der Waals surface area contributed by atoms with Crippen LogP contribution in [0.3, 0.4) is 0 Å². The van der Waals surface area contributed by atoms with Crippen LogP contribution in [0.1, 0.15) is 47.2 Å². The number of carbonyl (C=O) groups excluding carboxylic acids is 3. The number of nitrogens with one attached hydrogen (secondary N) is 1.